The molecule has 0 aliphatic carbocycles. The van der Waals surface area contributed by atoms with Gasteiger partial charge in [-0.05, 0) is 35.4 Å². The van der Waals surface area contributed by atoms with Gasteiger partial charge in [0.2, 0.25) is 0 Å². The van der Waals surface area contributed by atoms with Gasteiger partial charge in [-0.25, -0.2) is 21.3 Å². The highest BCUT2D eigenvalue weighted by molar-refractivity contribution is 5.72. The fraction of sp³-hybridized carbons (Fsp3) is 0. The van der Waals surface area contributed by atoms with Gasteiger partial charge in [0.25, 0.3) is 0 Å². The number of hydrazine groups is 2. The molecule has 8 heteroatoms. The van der Waals surface area contributed by atoms with Crippen molar-refractivity contribution in [2.45, 2.75) is 0 Å². The van der Waals surface area contributed by atoms with Crippen LogP contribution in [0.15, 0.2) is 48.5 Å². The molecule has 2 aromatic rings. The predicted octanol–water partition coefficient (Wildman–Crippen LogP) is 1.28. The topological polar surface area (TPSA) is 129 Å². The molecule has 0 saturated carbocycles. The summed E-state index contributed by atoms with van der Waals surface area (Å²) in [5, 5.41) is 0. The Morgan fingerprint density at radius 1 is 0.682 bits per heavy atom. The molecule has 0 radical (unpaired) electrons. The molecule has 2 aromatic carbocycles. The summed E-state index contributed by atoms with van der Waals surface area (Å²) in [6.45, 7) is 0. The third kappa shape index (κ3) is 3.95. The molecule has 0 aromatic heterocycles. The Balaban J connectivity index is 2.08. The van der Waals surface area contributed by atoms with Crippen LogP contribution < -0.4 is 32.0 Å². The number of carbonyl (C=O) groups is 2. The van der Waals surface area contributed by atoms with Crippen molar-refractivity contribution in [1.29, 1.82) is 0 Å². The average molecular weight is 302 g/mol. The first-order valence-electron chi connectivity index (χ1n) is 6.19. The minimum atomic E-state index is -0.743. The molecule has 8 nitrogen and oxygen atoms in total. The van der Waals surface area contributed by atoms with Crippen molar-refractivity contribution in [1.82, 2.24) is 10.9 Å². The van der Waals surface area contributed by atoms with Gasteiger partial charge in [0.05, 0.1) is 0 Å². The number of ether oxygens (including phenoxy) is 2. The van der Waals surface area contributed by atoms with Gasteiger partial charge in [-0.3, -0.25) is 10.9 Å². The summed E-state index contributed by atoms with van der Waals surface area (Å²) < 4.78 is 9.76. The maximum Gasteiger partial charge on any atom is 0.426 e. The first-order valence-corrected chi connectivity index (χ1v) is 6.19. The second-order valence-electron chi connectivity index (χ2n) is 4.12. The number of carbonyl (C=O) groups excluding carboxylic acids is 2. The number of hydrogen-bond donors (Lipinski definition) is 4. The lowest BCUT2D eigenvalue weighted by atomic mass is 10.1. The normalized spacial score (nSPS) is 9.73. The third-order valence-electron chi connectivity index (χ3n) is 2.70. The Bertz CT molecular complexity index is 596. The van der Waals surface area contributed by atoms with Gasteiger partial charge in [-0.2, -0.15) is 0 Å². The van der Waals surface area contributed by atoms with Crippen LogP contribution in [0.2, 0.25) is 0 Å². The molecule has 2 rings (SSSR count). The molecule has 6 N–H and O–H groups in total. The van der Waals surface area contributed by atoms with Crippen LogP contribution in [0.5, 0.6) is 11.5 Å². The van der Waals surface area contributed by atoms with Crippen LogP contribution in [0, 0.1) is 0 Å². The Hall–Kier alpha value is -3.10. The molecule has 0 aliphatic heterocycles. The van der Waals surface area contributed by atoms with Crippen molar-refractivity contribution >= 4 is 12.2 Å². The van der Waals surface area contributed by atoms with Crippen molar-refractivity contribution in [3.8, 4) is 22.6 Å². The van der Waals surface area contributed by atoms with Crippen LogP contribution in [0.25, 0.3) is 11.1 Å². The molecule has 22 heavy (non-hydrogen) atoms. The molecule has 0 aliphatic rings. The van der Waals surface area contributed by atoms with Gasteiger partial charge in [-0.15, -0.1) is 0 Å². The van der Waals surface area contributed by atoms with Gasteiger partial charge in [0.15, 0.2) is 0 Å². The summed E-state index contributed by atoms with van der Waals surface area (Å²) in [6, 6.07) is 13.7. The van der Waals surface area contributed by atoms with Crippen LogP contribution in [-0.2, 0) is 0 Å². The summed E-state index contributed by atoms with van der Waals surface area (Å²) in [4.78, 5) is 21.9. The standard InChI is InChI=1S/C14H14N4O4/c15-17-13(19)21-11-5-1-9(2-6-11)10-3-7-12(8-4-10)22-14(20)18-16/h1-8H,15-16H2,(H,17,19)(H,18,20). The second kappa shape index (κ2) is 7.07. The molecule has 0 unspecified atom stereocenters. The molecule has 2 amide bonds. The second-order valence-corrected chi connectivity index (χ2v) is 4.12. The highest BCUT2D eigenvalue weighted by Crippen LogP contribution is 2.24. The SMILES string of the molecule is NNC(=O)Oc1ccc(-c2ccc(OC(=O)NN)cc2)cc1. The third-order valence-corrected chi connectivity index (χ3v) is 2.70. The number of nitrogens with one attached hydrogen (secondary N) is 2. The van der Waals surface area contributed by atoms with E-state index in [1.54, 1.807) is 48.5 Å². The lowest BCUT2D eigenvalue weighted by Gasteiger charge is -2.07. The summed E-state index contributed by atoms with van der Waals surface area (Å²) in [5.74, 6) is 10.6. The largest absolute Gasteiger partial charge is 0.426 e. The first-order chi connectivity index (χ1) is 10.6. The molecular formula is C14H14N4O4. The summed E-state index contributed by atoms with van der Waals surface area (Å²) in [7, 11) is 0. The maximum absolute atomic E-state index is 11.0. The van der Waals surface area contributed by atoms with Crippen LogP contribution in [-0.4, -0.2) is 12.2 Å². The number of benzene rings is 2. The first kappa shape index (κ1) is 15.3. The number of nitrogens with two attached hydrogens (primary N) is 2. The smallest absolute Gasteiger partial charge is 0.409 e. The molecule has 0 bridgehead atoms. The number of amides is 2. The fourth-order valence-corrected chi connectivity index (χ4v) is 1.70. The van der Waals surface area contributed by atoms with E-state index in [4.69, 9.17) is 21.2 Å². The van der Waals surface area contributed by atoms with Crippen LogP contribution in [0.4, 0.5) is 9.59 Å². The predicted molar refractivity (Wildman–Crippen MR) is 78.6 cm³/mol. The summed E-state index contributed by atoms with van der Waals surface area (Å²) in [5.41, 5.74) is 5.54. The molecule has 114 valence electrons. The van der Waals surface area contributed by atoms with Gasteiger partial charge < -0.3 is 9.47 Å². The van der Waals surface area contributed by atoms with Crippen molar-refractivity contribution < 1.29 is 19.1 Å². The van der Waals surface area contributed by atoms with Crippen molar-refractivity contribution in [2.24, 2.45) is 11.7 Å². The molecule has 0 saturated heterocycles. The van der Waals surface area contributed by atoms with E-state index < -0.39 is 12.2 Å². The van der Waals surface area contributed by atoms with Crippen LogP contribution in [0.1, 0.15) is 0 Å². The zero-order valence-corrected chi connectivity index (χ0v) is 11.4. The highest BCUT2D eigenvalue weighted by Gasteiger charge is 2.04. The minimum absolute atomic E-state index is 0.367. The van der Waals surface area contributed by atoms with Crippen molar-refractivity contribution in [3.05, 3.63) is 48.5 Å². The summed E-state index contributed by atoms with van der Waals surface area (Å²) in [6.07, 6.45) is -1.49. The Morgan fingerprint density at radius 3 is 1.27 bits per heavy atom. The van der Waals surface area contributed by atoms with E-state index in [9.17, 15) is 9.59 Å². The zero-order valence-electron chi connectivity index (χ0n) is 11.4. The molecule has 0 atom stereocenters. The van der Waals surface area contributed by atoms with Crippen LogP contribution in [0.3, 0.4) is 0 Å². The molecular weight excluding hydrogens is 288 g/mol. The highest BCUT2D eigenvalue weighted by atomic mass is 16.6. The van der Waals surface area contributed by atoms with Gasteiger partial charge >= 0.3 is 12.2 Å². The lowest BCUT2D eigenvalue weighted by molar-refractivity contribution is 0.199. The number of rotatable bonds is 3. The van der Waals surface area contributed by atoms with E-state index in [-0.39, 0.29) is 0 Å². The number of hydrogen-bond acceptors (Lipinski definition) is 6. The molecule has 0 fully saturated rings. The molecule has 0 spiro atoms. The van der Waals surface area contributed by atoms with Crippen LogP contribution >= 0.6 is 0 Å². The van der Waals surface area contributed by atoms with E-state index in [0.29, 0.717) is 11.5 Å². The zero-order chi connectivity index (χ0) is 15.9. The fourth-order valence-electron chi connectivity index (χ4n) is 1.70. The van der Waals surface area contributed by atoms with E-state index in [2.05, 4.69) is 0 Å². The van der Waals surface area contributed by atoms with Crippen molar-refractivity contribution in [3.63, 3.8) is 0 Å². The van der Waals surface area contributed by atoms with E-state index >= 15 is 0 Å². The van der Waals surface area contributed by atoms with Gasteiger partial charge in [0.1, 0.15) is 11.5 Å². The van der Waals surface area contributed by atoms with Crippen molar-refractivity contribution in [2.75, 3.05) is 0 Å². The Labute approximate surface area is 125 Å². The van der Waals surface area contributed by atoms with E-state index in [1.807, 2.05) is 10.9 Å². The lowest BCUT2D eigenvalue weighted by Crippen LogP contribution is -2.32. The van der Waals surface area contributed by atoms with E-state index in [0.717, 1.165) is 11.1 Å². The maximum atomic E-state index is 11.0. The summed E-state index contributed by atoms with van der Waals surface area (Å²) >= 11 is 0. The van der Waals surface area contributed by atoms with E-state index in [1.165, 1.54) is 0 Å². The average Bonchev–Trinajstić information content (AvgIpc) is 2.56. The molecule has 0 heterocycles. The quantitative estimate of drug-likeness (QED) is 0.384. The van der Waals surface area contributed by atoms with Gasteiger partial charge in [0, 0.05) is 0 Å². The monoisotopic (exact) mass is 302 g/mol. The Kier molecular flexibility index (Phi) is 4.91. The Morgan fingerprint density at radius 2 is 1.00 bits per heavy atom. The van der Waals surface area contributed by atoms with Gasteiger partial charge in [-0.1, -0.05) is 24.3 Å². The minimum Gasteiger partial charge on any atom is -0.409 e.